The highest BCUT2D eigenvalue weighted by Crippen LogP contribution is 2.37. The highest BCUT2D eigenvalue weighted by atomic mass is 16.4. The lowest BCUT2D eigenvalue weighted by molar-refractivity contribution is -0.140. The van der Waals surface area contributed by atoms with Crippen molar-refractivity contribution in [1.29, 1.82) is 0 Å². The van der Waals surface area contributed by atoms with E-state index >= 15 is 0 Å². The number of rotatable bonds is 10. The largest absolute Gasteiger partial charge is 0.477 e. The van der Waals surface area contributed by atoms with Crippen molar-refractivity contribution in [2.45, 2.75) is 25.3 Å². The Kier molecular flexibility index (Phi) is 8.94. The van der Waals surface area contributed by atoms with Gasteiger partial charge in [0.25, 0.3) is 0 Å². The Bertz CT molecular complexity index is 1580. The molecule has 0 saturated heterocycles. The van der Waals surface area contributed by atoms with Gasteiger partial charge in [-0.15, -0.1) is 0 Å². The average Bonchev–Trinajstić information content (AvgIpc) is 3.02. The van der Waals surface area contributed by atoms with Crippen LogP contribution in [0.25, 0.3) is 6.08 Å². The summed E-state index contributed by atoms with van der Waals surface area (Å²) < 4.78 is 0. The lowest BCUT2D eigenvalue weighted by Crippen LogP contribution is -2.33. The zero-order valence-corrected chi connectivity index (χ0v) is 23.1. The number of hydrogen-bond acceptors (Lipinski definition) is 4. The van der Waals surface area contributed by atoms with Crippen molar-refractivity contribution in [3.63, 3.8) is 0 Å². The molecular formula is C36H32N2O4. The molecule has 0 aromatic heterocycles. The molecule has 5 rings (SSSR count). The molecule has 2 aliphatic carbocycles. The van der Waals surface area contributed by atoms with Crippen LogP contribution in [-0.4, -0.2) is 28.2 Å². The van der Waals surface area contributed by atoms with Crippen LogP contribution in [0.15, 0.2) is 145 Å². The summed E-state index contributed by atoms with van der Waals surface area (Å²) in [5.74, 6) is -2.96. The van der Waals surface area contributed by atoms with E-state index < -0.39 is 17.5 Å². The van der Waals surface area contributed by atoms with Gasteiger partial charge in [0.1, 0.15) is 5.57 Å². The maximum atomic E-state index is 11.1. The Hall–Kier alpha value is -5.36. The highest BCUT2D eigenvalue weighted by molar-refractivity contribution is 6.12. The summed E-state index contributed by atoms with van der Waals surface area (Å²) >= 11 is 0. The minimum Gasteiger partial charge on any atom is -0.477 e. The maximum absolute atomic E-state index is 11.1. The van der Waals surface area contributed by atoms with Gasteiger partial charge in [-0.25, -0.2) is 9.59 Å². The number of carboxylic acid groups (broad SMARTS) is 2. The van der Waals surface area contributed by atoms with Crippen molar-refractivity contribution in [1.82, 2.24) is 0 Å². The van der Waals surface area contributed by atoms with E-state index in [1.807, 2.05) is 42.5 Å². The van der Waals surface area contributed by atoms with E-state index in [0.29, 0.717) is 0 Å². The molecule has 2 N–H and O–H groups in total. The molecule has 0 amide bonds. The first-order chi connectivity index (χ1) is 20.5. The summed E-state index contributed by atoms with van der Waals surface area (Å²) in [5.41, 5.74) is 5.45. The van der Waals surface area contributed by atoms with Crippen LogP contribution in [-0.2, 0) is 9.59 Å². The second kappa shape index (κ2) is 13.3. The molecule has 3 aromatic carbocycles. The van der Waals surface area contributed by atoms with E-state index in [1.165, 1.54) is 11.8 Å². The minimum absolute atomic E-state index is 0.248. The molecule has 0 bridgehead atoms. The van der Waals surface area contributed by atoms with Crippen molar-refractivity contribution in [3.8, 4) is 0 Å². The number of carbonyl (C=O) groups is 2. The van der Waals surface area contributed by atoms with E-state index in [-0.39, 0.29) is 6.04 Å². The molecule has 0 spiro atoms. The topological polar surface area (TPSA) is 81.1 Å². The van der Waals surface area contributed by atoms with Crippen LogP contribution < -0.4 is 9.80 Å². The summed E-state index contributed by atoms with van der Waals surface area (Å²) in [7, 11) is 0. The standard InChI is InChI=1S/C36H32N2O4/c39-35(40)34(36(41)42)18-10-11-27-19-21-31(22-20-27)38(30-16-8-3-9-17-30)33-25-23-32(24-26-33)37(28-12-4-1-5-13-28)29-14-6-2-7-15-29/h1,3-6,8-12,14-26,28H,2,7,13H2,(H,39,40)(H,41,42)/b11-10+. The smallest absolute Gasteiger partial charge is 0.343 e. The van der Waals surface area contributed by atoms with Gasteiger partial charge in [-0.3, -0.25) is 0 Å². The van der Waals surface area contributed by atoms with Gasteiger partial charge in [0.05, 0.1) is 6.04 Å². The van der Waals surface area contributed by atoms with E-state index in [9.17, 15) is 9.59 Å². The summed E-state index contributed by atoms with van der Waals surface area (Å²) in [6.45, 7) is 0. The lowest BCUT2D eigenvalue weighted by Gasteiger charge is -2.34. The van der Waals surface area contributed by atoms with Gasteiger partial charge in [-0.05, 0) is 85.5 Å². The Morgan fingerprint density at radius 1 is 0.738 bits per heavy atom. The average molecular weight is 557 g/mol. The van der Waals surface area contributed by atoms with Crippen LogP contribution in [0.3, 0.4) is 0 Å². The van der Waals surface area contributed by atoms with Crippen LogP contribution in [0.4, 0.5) is 22.7 Å². The third kappa shape index (κ3) is 6.67. The Morgan fingerprint density at radius 3 is 1.98 bits per heavy atom. The SMILES string of the molecule is O=C(O)C(=C/C=C/c1ccc(N(c2ccccc2)c2ccc(N(C3=CCCC=C3)C3C=CC=CC3)cc2)cc1)C(=O)O. The van der Waals surface area contributed by atoms with Crippen molar-refractivity contribution in [2.24, 2.45) is 0 Å². The maximum Gasteiger partial charge on any atom is 0.343 e. The molecule has 0 heterocycles. The van der Waals surface area contributed by atoms with Crippen LogP contribution in [0.2, 0.25) is 0 Å². The van der Waals surface area contributed by atoms with Crippen molar-refractivity contribution >= 4 is 40.8 Å². The Labute approximate surface area is 245 Å². The third-order valence-corrected chi connectivity index (χ3v) is 7.11. The summed E-state index contributed by atoms with van der Waals surface area (Å²) in [4.78, 5) is 26.8. The third-order valence-electron chi connectivity index (χ3n) is 7.11. The minimum atomic E-state index is -1.48. The van der Waals surface area contributed by atoms with Crippen LogP contribution >= 0.6 is 0 Å². The number of aliphatic carboxylic acids is 2. The van der Waals surface area contributed by atoms with Gasteiger partial charge >= 0.3 is 11.9 Å². The van der Waals surface area contributed by atoms with Gasteiger partial charge in [0.15, 0.2) is 0 Å². The van der Waals surface area contributed by atoms with E-state index in [0.717, 1.165) is 53.7 Å². The zero-order chi connectivity index (χ0) is 29.3. The number of benzene rings is 3. The molecule has 1 unspecified atom stereocenters. The van der Waals surface area contributed by atoms with E-state index in [2.05, 4.69) is 88.7 Å². The number of nitrogens with zero attached hydrogens (tertiary/aromatic N) is 2. The van der Waals surface area contributed by atoms with Crippen molar-refractivity contribution < 1.29 is 19.8 Å². The molecule has 6 heteroatoms. The second-order valence-electron chi connectivity index (χ2n) is 9.92. The predicted molar refractivity (Wildman–Crippen MR) is 169 cm³/mol. The fraction of sp³-hybridized carbons (Fsp3) is 0.111. The van der Waals surface area contributed by atoms with Crippen molar-refractivity contribution in [3.05, 3.63) is 150 Å². The highest BCUT2D eigenvalue weighted by Gasteiger charge is 2.21. The second-order valence-corrected chi connectivity index (χ2v) is 9.92. The molecule has 6 nitrogen and oxygen atoms in total. The fourth-order valence-electron chi connectivity index (χ4n) is 5.08. The zero-order valence-electron chi connectivity index (χ0n) is 23.1. The van der Waals surface area contributed by atoms with Crippen LogP contribution in [0.1, 0.15) is 24.8 Å². The molecule has 2 aliphatic rings. The number of anilines is 4. The first-order valence-corrected chi connectivity index (χ1v) is 13.9. The fourth-order valence-corrected chi connectivity index (χ4v) is 5.08. The van der Waals surface area contributed by atoms with Crippen molar-refractivity contribution in [2.75, 3.05) is 9.80 Å². The number of carboxylic acids is 2. The molecular weight excluding hydrogens is 524 g/mol. The molecule has 0 fully saturated rings. The normalized spacial score (nSPS) is 15.7. The Morgan fingerprint density at radius 2 is 1.38 bits per heavy atom. The molecule has 0 aliphatic heterocycles. The van der Waals surface area contributed by atoms with E-state index in [1.54, 1.807) is 6.08 Å². The molecule has 3 aromatic rings. The first-order valence-electron chi connectivity index (χ1n) is 13.9. The Balaban J connectivity index is 1.44. The molecule has 0 saturated carbocycles. The number of hydrogen-bond donors (Lipinski definition) is 2. The molecule has 0 radical (unpaired) electrons. The van der Waals surface area contributed by atoms with Gasteiger partial charge in [-0.2, -0.15) is 0 Å². The lowest BCUT2D eigenvalue weighted by atomic mass is 10.0. The monoisotopic (exact) mass is 556 g/mol. The number of allylic oxidation sites excluding steroid dienone is 7. The first kappa shape index (κ1) is 28.2. The predicted octanol–water partition coefficient (Wildman–Crippen LogP) is 8.19. The van der Waals surface area contributed by atoms with Crippen LogP contribution in [0.5, 0.6) is 0 Å². The molecule has 210 valence electrons. The summed E-state index contributed by atoms with van der Waals surface area (Å²) in [6, 6.07) is 26.8. The van der Waals surface area contributed by atoms with Gasteiger partial charge in [0, 0.05) is 28.4 Å². The van der Waals surface area contributed by atoms with Crippen LogP contribution in [0, 0.1) is 0 Å². The number of para-hydroxylation sites is 1. The molecule has 1 atom stereocenters. The quantitative estimate of drug-likeness (QED) is 0.113. The summed E-state index contributed by atoms with van der Waals surface area (Å²) in [6.07, 6.45) is 22.7. The van der Waals surface area contributed by atoms with Gasteiger partial charge < -0.3 is 20.0 Å². The van der Waals surface area contributed by atoms with Gasteiger partial charge in [-0.1, -0.05) is 78.9 Å². The molecule has 42 heavy (non-hydrogen) atoms. The van der Waals surface area contributed by atoms with Gasteiger partial charge in [0.2, 0.25) is 0 Å². The summed E-state index contributed by atoms with van der Waals surface area (Å²) in [5, 5.41) is 18.1. The van der Waals surface area contributed by atoms with E-state index in [4.69, 9.17) is 10.2 Å².